The zero-order valence-electron chi connectivity index (χ0n) is 8.36. The lowest BCUT2D eigenvalue weighted by Crippen LogP contribution is -2.34. The molecule has 0 aromatic heterocycles. The van der Waals surface area contributed by atoms with Crippen molar-refractivity contribution in [2.24, 2.45) is 0 Å². The highest BCUT2D eigenvalue weighted by Gasteiger charge is 2.47. The second kappa shape index (κ2) is 3.80. The van der Waals surface area contributed by atoms with E-state index in [9.17, 15) is 4.57 Å². The van der Waals surface area contributed by atoms with E-state index in [1.54, 1.807) is 0 Å². The van der Waals surface area contributed by atoms with Gasteiger partial charge in [0, 0.05) is 6.42 Å². The Morgan fingerprint density at radius 2 is 2.07 bits per heavy atom. The van der Waals surface area contributed by atoms with Gasteiger partial charge in [0.05, 0.1) is 0 Å². The molecular formula is C11H15NOP+. The first-order valence-corrected chi connectivity index (χ1v) is 6.26. The predicted molar refractivity (Wildman–Crippen MR) is 59.3 cm³/mol. The Hall–Kier alpha value is -0.720. The third-order valence-corrected chi connectivity index (χ3v) is 4.83. The van der Waals surface area contributed by atoms with E-state index < -0.39 is 7.80 Å². The lowest BCUT2D eigenvalue weighted by Gasteiger charge is -2.11. The largest absolute Gasteiger partial charge is 0.398 e. The molecule has 1 aromatic rings. The molecule has 2 unspecified atom stereocenters. The molecular weight excluding hydrogens is 193 g/mol. The van der Waals surface area contributed by atoms with Gasteiger partial charge in [-0.3, -0.25) is 5.32 Å². The van der Waals surface area contributed by atoms with Gasteiger partial charge in [-0.25, -0.2) is 0 Å². The monoisotopic (exact) mass is 208 g/mol. The minimum atomic E-state index is -1.32. The first kappa shape index (κ1) is 9.82. The topological polar surface area (TPSA) is 29.1 Å². The van der Waals surface area contributed by atoms with E-state index >= 15 is 0 Å². The zero-order chi connectivity index (χ0) is 10.0. The molecule has 1 N–H and O–H groups in total. The van der Waals surface area contributed by atoms with Gasteiger partial charge < -0.3 is 0 Å². The molecule has 0 aliphatic carbocycles. The van der Waals surface area contributed by atoms with Crippen LogP contribution in [0.3, 0.4) is 0 Å². The van der Waals surface area contributed by atoms with Crippen molar-refractivity contribution in [2.45, 2.75) is 25.0 Å². The van der Waals surface area contributed by atoms with Gasteiger partial charge in [-0.05, 0) is 32.0 Å². The molecule has 1 aliphatic rings. The van der Waals surface area contributed by atoms with Crippen molar-refractivity contribution in [3.8, 4) is 0 Å². The lowest BCUT2D eigenvalue weighted by atomic mass is 10.2. The fraction of sp³-hybridized carbons (Fsp3) is 0.455. The summed E-state index contributed by atoms with van der Waals surface area (Å²) in [5, 5.41) is 4.12. The van der Waals surface area contributed by atoms with Crippen LogP contribution in [0.15, 0.2) is 30.3 Å². The number of nitrogens with one attached hydrogen (secondary N) is 1. The second-order valence-corrected chi connectivity index (χ2v) is 6.03. The highest BCUT2D eigenvalue weighted by molar-refractivity contribution is 7.55. The predicted octanol–water partition coefficient (Wildman–Crippen LogP) is 2.24. The molecule has 1 aliphatic heterocycles. The van der Waals surface area contributed by atoms with Gasteiger partial charge in [0.1, 0.15) is 0 Å². The van der Waals surface area contributed by atoms with E-state index in [0.29, 0.717) is 0 Å². The molecule has 1 saturated heterocycles. The Labute approximate surface area is 85.5 Å². The van der Waals surface area contributed by atoms with E-state index in [2.05, 4.69) is 12.2 Å². The molecule has 2 atom stereocenters. The Kier molecular flexibility index (Phi) is 2.66. The van der Waals surface area contributed by atoms with Crippen molar-refractivity contribution in [3.05, 3.63) is 30.3 Å². The zero-order valence-corrected chi connectivity index (χ0v) is 9.26. The molecule has 0 bridgehead atoms. The van der Waals surface area contributed by atoms with Crippen molar-refractivity contribution < 1.29 is 4.57 Å². The van der Waals surface area contributed by atoms with Crippen LogP contribution in [-0.4, -0.2) is 11.8 Å². The molecule has 0 saturated carbocycles. The average Bonchev–Trinajstić information content (AvgIpc) is 2.67. The van der Waals surface area contributed by atoms with Gasteiger partial charge in [0.15, 0.2) is 5.30 Å². The summed E-state index contributed by atoms with van der Waals surface area (Å²) in [6, 6.07) is 9.74. The molecule has 0 radical (unpaired) electrons. The van der Waals surface area contributed by atoms with Crippen LogP contribution >= 0.6 is 7.80 Å². The molecule has 2 rings (SSSR count). The summed E-state index contributed by atoms with van der Waals surface area (Å²) < 4.78 is 12.3. The van der Waals surface area contributed by atoms with Crippen LogP contribution in [0.5, 0.6) is 0 Å². The number of benzene rings is 1. The summed E-state index contributed by atoms with van der Waals surface area (Å²) >= 11 is 0. The summed E-state index contributed by atoms with van der Waals surface area (Å²) in [4.78, 5) is 0. The maximum atomic E-state index is 12.3. The Morgan fingerprint density at radius 1 is 1.36 bits per heavy atom. The van der Waals surface area contributed by atoms with Gasteiger partial charge in [-0.2, -0.15) is 0 Å². The number of hydrogen-bond acceptors (Lipinski definition) is 2. The Morgan fingerprint density at radius 3 is 2.64 bits per heavy atom. The van der Waals surface area contributed by atoms with Crippen molar-refractivity contribution >= 4 is 13.1 Å². The average molecular weight is 208 g/mol. The third kappa shape index (κ3) is 1.73. The fourth-order valence-corrected chi connectivity index (χ4v) is 3.53. The van der Waals surface area contributed by atoms with E-state index in [1.165, 1.54) is 0 Å². The van der Waals surface area contributed by atoms with E-state index in [0.717, 1.165) is 24.7 Å². The fourth-order valence-electron chi connectivity index (χ4n) is 1.90. The summed E-state index contributed by atoms with van der Waals surface area (Å²) in [5.74, 6) is 0. The summed E-state index contributed by atoms with van der Waals surface area (Å²) in [7, 11) is -1.32. The van der Waals surface area contributed by atoms with Crippen molar-refractivity contribution in [3.63, 3.8) is 0 Å². The van der Waals surface area contributed by atoms with E-state index in [-0.39, 0.29) is 5.28 Å². The smallest absolute Gasteiger partial charge is 0.271 e. The van der Waals surface area contributed by atoms with Gasteiger partial charge in [-0.15, -0.1) is 0 Å². The molecule has 1 aromatic carbocycles. The van der Waals surface area contributed by atoms with Crippen LogP contribution in [0.2, 0.25) is 0 Å². The molecule has 1 heterocycles. The molecule has 2 nitrogen and oxygen atoms in total. The van der Waals surface area contributed by atoms with Crippen LogP contribution in [0.1, 0.15) is 19.8 Å². The second-order valence-electron chi connectivity index (χ2n) is 3.93. The first-order chi connectivity index (χ1) is 6.72. The van der Waals surface area contributed by atoms with Crippen molar-refractivity contribution in [1.29, 1.82) is 0 Å². The minimum absolute atomic E-state index is 0.184. The minimum Gasteiger partial charge on any atom is -0.271 e. The molecule has 0 amide bonds. The van der Waals surface area contributed by atoms with Crippen LogP contribution in [0, 0.1) is 0 Å². The molecule has 1 fully saturated rings. The molecule has 3 heteroatoms. The summed E-state index contributed by atoms with van der Waals surface area (Å²) in [6.45, 7) is 3.05. The van der Waals surface area contributed by atoms with E-state index in [4.69, 9.17) is 0 Å². The van der Waals surface area contributed by atoms with Crippen LogP contribution in [-0.2, 0) is 4.57 Å². The van der Waals surface area contributed by atoms with Gasteiger partial charge in [0.2, 0.25) is 5.28 Å². The van der Waals surface area contributed by atoms with Crippen LogP contribution < -0.4 is 10.6 Å². The maximum Gasteiger partial charge on any atom is 0.398 e. The molecule has 74 valence electrons. The van der Waals surface area contributed by atoms with Gasteiger partial charge in [-0.1, -0.05) is 22.8 Å². The first-order valence-electron chi connectivity index (χ1n) is 5.00. The third-order valence-electron chi connectivity index (χ3n) is 2.79. The van der Waals surface area contributed by atoms with Crippen LogP contribution in [0.25, 0.3) is 0 Å². The highest BCUT2D eigenvalue weighted by Crippen LogP contribution is 2.41. The number of rotatable bonds is 2. The van der Waals surface area contributed by atoms with E-state index in [1.807, 2.05) is 30.3 Å². The highest BCUT2D eigenvalue weighted by atomic mass is 31.1. The van der Waals surface area contributed by atoms with Gasteiger partial charge >= 0.3 is 7.80 Å². The molecule has 0 spiro atoms. The summed E-state index contributed by atoms with van der Waals surface area (Å²) in [6.07, 6.45) is 2.14. The van der Waals surface area contributed by atoms with Gasteiger partial charge in [0.25, 0.3) is 0 Å². The van der Waals surface area contributed by atoms with Crippen molar-refractivity contribution in [2.75, 3.05) is 6.54 Å². The SMILES string of the molecule is CC1([P+](=O)c2ccccc2)CCCN1. The maximum absolute atomic E-state index is 12.3. The normalized spacial score (nSPS) is 27.6. The summed E-state index contributed by atoms with van der Waals surface area (Å²) in [5.41, 5.74) is 0. The lowest BCUT2D eigenvalue weighted by molar-refractivity contribution is 0.526. The number of hydrogen-bond donors (Lipinski definition) is 1. The van der Waals surface area contributed by atoms with Crippen molar-refractivity contribution in [1.82, 2.24) is 5.32 Å². The standard InChI is InChI=1S/C11H15NOP/c1-11(8-5-9-12-11)14(13)10-6-3-2-4-7-10/h2-4,6-7,12H,5,8-9H2,1H3/q+1. The van der Waals surface area contributed by atoms with Crippen LogP contribution in [0.4, 0.5) is 0 Å². The quantitative estimate of drug-likeness (QED) is 0.755. The Balaban J connectivity index is 2.24. The molecule has 14 heavy (non-hydrogen) atoms. The Bertz CT molecular complexity index is 330.